The lowest BCUT2D eigenvalue weighted by Crippen LogP contribution is -2.13. The number of non-ortho nitro benzene ring substituents is 2. The van der Waals surface area contributed by atoms with Gasteiger partial charge in [0.15, 0.2) is 0 Å². The molecular weight excluding hydrogens is 528 g/mol. The van der Waals surface area contributed by atoms with Gasteiger partial charge < -0.3 is 22.5 Å². The molecule has 0 unspecified atom stereocenters. The number of halogens is 1. The molecule has 0 aliphatic rings. The van der Waals surface area contributed by atoms with Crippen molar-refractivity contribution in [2.45, 2.75) is 0 Å². The Morgan fingerprint density at radius 2 is 1.00 bits per heavy atom. The minimum atomic E-state index is -0.620. The molecule has 0 radical (unpaired) electrons. The van der Waals surface area contributed by atoms with Crippen LogP contribution in [0.5, 0.6) is 0 Å². The quantitative estimate of drug-likeness (QED) is 0.110. The third-order valence-corrected chi connectivity index (χ3v) is 5.07. The van der Waals surface area contributed by atoms with Gasteiger partial charge in [-0.3, -0.25) is 29.8 Å². The molecule has 0 heterocycles. The second-order valence-corrected chi connectivity index (χ2v) is 7.90. The van der Waals surface area contributed by atoms with Gasteiger partial charge in [0.25, 0.3) is 22.5 Å². The standard InChI is InChI=1S/C13H11N3O3.C7H4ClNO3.C6H8N2/c14-11-3-1-2-4-12(11)15-13(17)9-5-7-10(8-6-9)16(18)19;8-7(10)5-1-3-6(4-2-5)9(11)12;7-5-3-1-2-4-6(5)8/h1-8H,14H2,(H,15,17);1-4H;1-4H,7-8H2. The Morgan fingerprint density at radius 3 is 1.36 bits per heavy atom. The third kappa shape index (κ3) is 9.48. The highest BCUT2D eigenvalue weighted by Gasteiger charge is 2.10. The topological polar surface area (TPSA) is 211 Å². The number of nitrogens with two attached hydrogens (primary N) is 3. The molecule has 4 rings (SSSR count). The number of hydrogen-bond donors (Lipinski definition) is 4. The summed E-state index contributed by atoms with van der Waals surface area (Å²) in [6.07, 6.45) is 0. The summed E-state index contributed by atoms with van der Waals surface area (Å²) in [6, 6.07) is 24.6. The van der Waals surface area contributed by atoms with E-state index in [4.69, 9.17) is 28.8 Å². The normalized spacial score (nSPS) is 9.56. The second kappa shape index (κ2) is 14.3. The van der Waals surface area contributed by atoms with E-state index in [1.54, 1.807) is 36.4 Å². The molecule has 0 aliphatic carbocycles. The lowest BCUT2D eigenvalue weighted by Gasteiger charge is -2.07. The van der Waals surface area contributed by atoms with Gasteiger partial charge in [0.1, 0.15) is 0 Å². The Balaban J connectivity index is 0.000000227. The van der Waals surface area contributed by atoms with Crippen LogP contribution in [0.1, 0.15) is 20.7 Å². The maximum atomic E-state index is 11.9. The van der Waals surface area contributed by atoms with Crippen LogP contribution >= 0.6 is 11.6 Å². The number of hydrogen-bond acceptors (Lipinski definition) is 9. The monoisotopic (exact) mass is 550 g/mol. The zero-order chi connectivity index (χ0) is 28.9. The zero-order valence-electron chi connectivity index (χ0n) is 20.2. The summed E-state index contributed by atoms with van der Waals surface area (Å²) in [4.78, 5) is 42.1. The summed E-state index contributed by atoms with van der Waals surface area (Å²) >= 11 is 5.13. The highest BCUT2D eigenvalue weighted by Crippen LogP contribution is 2.19. The van der Waals surface area contributed by atoms with E-state index in [1.807, 2.05) is 12.1 Å². The predicted molar refractivity (Wildman–Crippen MR) is 150 cm³/mol. The van der Waals surface area contributed by atoms with Crippen LogP contribution < -0.4 is 22.5 Å². The molecule has 200 valence electrons. The molecule has 0 saturated carbocycles. The van der Waals surface area contributed by atoms with Crippen LogP contribution in [0, 0.1) is 20.2 Å². The first kappa shape index (κ1) is 29.7. The van der Waals surface area contributed by atoms with Gasteiger partial charge in [0.2, 0.25) is 0 Å². The number of carbonyl (C=O) groups excluding carboxylic acids is 2. The number of nitro groups is 2. The van der Waals surface area contributed by atoms with Crippen LogP contribution in [0.25, 0.3) is 0 Å². The molecule has 1 amide bonds. The van der Waals surface area contributed by atoms with E-state index in [2.05, 4.69) is 5.32 Å². The number of benzene rings is 4. The molecule has 0 atom stereocenters. The van der Waals surface area contributed by atoms with E-state index < -0.39 is 15.1 Å². The molecule has 12 nitrogen and oxygen atoms in total. The maximum Gasteiger partial charge on any atom is 0.269 e. The predicted octanol–water partition coefficient (Wildman–Crippen LogP) is 5.25. The summed E-state index contributed by atoms with van der Waals surface area (Å²) < 4.78 is 0. The molecule has 4 aromatic rings. The SMILES string of the molecule is Nc1ccccc1N.Nc1ccccc1NC(=O)c1ccc([N+](=O)[O-])cc1.O=C(Cl)c1ccc([N+](=O)[O-])cc1. The average Bonchev–Trinajstić information content (AvgIpc) is 2.92. The lowest BCUT2D eigenvalue weighted by molar-refractivity contribution is -0.385. The summed E-state index contributed by atoms with van der Waals surface area (Å²) in [6.45, 7) is 0. The number of rotatable bonds is 5. The van der Waals surface area contributed by atoms with Crippen molar-refractivity contribution in [1.82, 2.24) is 0 Å². The molecule has 0 aliphatic heterocycles. The lowest BCUT2D eigenvalue weighted by atomic mass is 10.2. The van der Waals surface area contributed by atoms with E-state index in [0.717, 1.165) is 0 Å². The first-order chi connectivity index (χ1) is 18.5. The van der Waals surface area contributed by atoms with E-state index in [-0.39, 0.29) is 22.8 Å². The molecule has 0 bridgehead atoms. The second-order valence-electron chi connectivity index (χ2n) is 7.55. The van der Waals surface area contributed by atoms with Crippen molar-refractivity contribution in [2.75, 3.05) is 22.5 Å². The number of anilines is 4. The number of para-hydroxylation sites is 4. The minimum Gasteiger partial charge on any atom is -0.397 e. The van der Waals surface area contributed by atoms with E-state index in [0.29, 0.717) is 28.3 Å². The minimum absolute atomic E-state index is 0.0586. The van der Waals surface area contributed by atoms with Crippen molar-refractivity contribution >= 4 is 56.9 Å². The van der Waals surface area contributed by atoms with Crippen molar-refractivity contribution in [1.29, 1.82) is 0 Å². The number of nitrogens with one attached hydrogen (secondary N) is 1. The number of carbonyl (C=O) groups is 2. The van der Waals surface area contributed by atoms with Crippen molar-refractivity contribution < 1.29 is 19.4 Å². The Labute approximate surface area is 227 Å². The summed E-state index contributed by atoms with van der Waals surface area (Å²) in [7, 11) is 0. The molecule has 4 aromatic carbocycles. The van der Waals surface area contributed by atoms with Crippen LogP contribution in [0.3, 0.4) is 0 Å². The van der Waals surface area contributed by atoms with E-state index in [1.165, 1.54) is 48.5 Å². The van der Waals surface area contributed by atoms with Crippen LogP contribution in [0.2, 0.25) is 0 Å². The zero-order valence-corrected chi connectivity index (χ0v) is 20.9. The van der Waals surface area contributed by atoms with Gasteiger partial charge in [-0.05, 0) is 60.1 Å². The van der Waals surface area contributed by atoms with Crippen LogP contribution in [-0.2, 0) is 0 Å². The molecular formula is C26H23ClN6O6. The van der Waals surface area contributed by atoms with Gasteiger partial charge in [0.05, 0.1) is 32.6 Å². The van der Waals surface area contributed by atoms with Crippen LogP contribution in [0.4, 0.5) is 34.1 Å². The fourth-order valence-electron chi connectivity index (χ4n) is 2.76. The molecule has 0 fully saturated rings. The summed E-state index contributed by atoms with van der Waals surface area (Å²) in [5.74, 6) is -0.368. The van der Waals surface area contributed by atoms with Crippen molar-refractivity contribution in [3.8, 4) is 0 Å². The molecule has 0 spiro atoms. The highest BCUT2D eigenvalue weighted by molar-refractivity contribution is 6.67. The van der Waals surface area contributed by atoms with E-state index in [9.17, 15) is 29.8 Å². The number of nitro benzene ring substituents is 2. The molecule has 7 N–H and O–H groups in total. The van der Waals surface area contributed by atoms with Gasteiger partial charge in [0, 0.05) is 35.4 Å². The fraction of sp³-hybridized carbons (Fsp3) is 0. The third-order valence-electron chi connectivity index (χ3n) is 4.85. The van der Waals surface area contributed by atoms with Crippen molar-refractivity contribution in [2.24, 2.45) is 0 Å². The van der Waals surface area contributed by atoms with Crippen molar-refractivity contribution in [3.05, 3.63) is 128 Å². The van der Waals surface area contributed by atoms with Crippen LogP contribution in [0.15, 0.2) is 97.1 Å². The number of amides is 1. The van der Waals surface area contributed by atoms with Gasteiger partial charge in [-0.1, -0.05) is 24.3 Å². The molecule has 39 heavy (non-hydrogen) atoms. The molecule has 13 heteroatoms. The number of nitrogens with zero attached hydrogens (tertiary/aromatic N) is 2. The largest absolute Gasteiger partial charge is 0.397 e. The molecule has 0 saturated heterocycles. The van der Waals surface area contributed by atoms with Gasteiger partial charge in [-0.25, -0.2) is 0 Å². The molecule has 0 aromatic heterocycles. The Morgan fingerprint density at radius 1 is 0.615 bits per heavy atom. The fourth-order valence-corrected chi connectivity index (χ4v) is 2.89. The first-order valence-corrected chi connectivity index (χ1v) is 11.3. The Hall–Kier alpha value is -5.49. The smallest absolute Gasteiger partial charge is 0.269 e. The first-order valence-electron chi connectivity index (χ1n) is 10.9. The summed E-state index contributed by atoms with van der Waals surface area (Å²) in [5.41, 5.74) is 19.2. The van der Waals surface area contributed by atoms with Gasteiger partial charge in [-0.2, -0.15) is 0 Å². The highest BCUT2D eigenvalue weighted by atomic mass is 35.5. The van der Waals surface area contributed by atoms with E-state index >= 15 is 0 Å². The Bertz CT molecular complexity index is 1410. The average molecular weight is 551 g/mol. The van der Waals surface area contributed by atoms with Crippen molar-refractivity contribution in [3.63, 3.8) is 0 Å². The summed E-state index contributed by atoms with van der Waals surface area (Å²) in [5, 5.41) is 22.7. The van der Waals surface area contributed by atoms with Crippen LogP contribution in [-0.4, -0.2) is 21.0 Å². The maximum absolute atomic E-state index is 11.9. The Kier molecular flexibility index (Phi) is 10.9. The van der Waals surface area contributed by atoms with Gasteiger partial charge >= 0.3 is 0 Å². The number of nitrogen functional groups attached to an aromatic ring is 3. The van der Waals surface area contributed by atoms with Gasteiger partial charge in [-0.15, -0.1) is 0 Å².